The van der Waals surface area contributed by atoms with E-state index in [0.717, 1.165) is 15.8 Å². The zero-order valence-electron chi connectivity index (χ0n) is 14.1. The predicted molar refractivity (Wildman–Crippen MR) is 107 cm³/mol. The van der Waals surface area contributed by atoms with Crippen LogP contribution in [0, 0.1) is 0 Å². The average molecular weight is 406 g/mol. The van der Waals surface area contributed by atoms with E-state index in [2.05, 4.69) is 15.5 Å². The van der Waals surface area contributed by atoms with Crippen LogP contribution < -0.4 is 10.1 Å². The van der Waals surface area contributed by atoms with Crippen LogP contribution in [0.3, 0.4) is 0 Å². The Bertz CT molecular complexity index is 899. The topological polar surface area (TPSA) is 64.1 Å². The van der Waals surface area contributed by atoms with Crippen molar-refractivity contribution in [3.05, 3.63) is 59.1 Å². The lowest BCUT2D eigenvalue weighted by atomic mass is 10.1. The number of Topliss-reactive ketones (excluding diaryl/α,β-unsaturated/α-hetero) is 1. The van der Waals surface area contributed by atoms with Gasteiger partial charge in [-0.25, -0.2) is 0 Å². The van der Waals surface area contributed by atoms with E-state index in [1.165, 1.54) is 23.1 Å². The van der Waals surface area contributed by atoms with Gasteiger partial charge in [-0.2, -0.15) is 0 Å². The number of benzene rings is 2. The second-order valence-corrected chi connectivity index (χ2v) is 8.36. The fourth-order valence-electron chi connectivity index (χ4n) is 2.19. The van der Waals surface area contributed by atoms with Gasteiger partial charge in [0.2, 0.25) is 5.13 Å². The molecule has 2 aromatic carbocycles. The number of rotatable bonds is 7. The lowest BCUT2D eigenvalue weighted by molar-refractivity contribution is 0.0994. The zero-order valence-corrected chi connectivity index (χ0v) is 16.5. The third kappa shape index (κ3) is 4.75. The van der Waals surface area contributed by atoms with E-state index in [0.29, 0.717) is 15.7 Å². The first kappa shape index (κ1) is 18.7. The molecular formula is C18H16ClN3O2S2. The lowest BCUT2D eigenvalue weighted by Crippen LogP contribution is -2.13. The van der Waals surface area contributed by atoms with E-state index in [-0.39, 0.29) is 11.0 Å². The molecule has 134 valence electrons. The number of carbonyl (C=O) groups excluding carboxylic acids is 1. The van der Waals surface area contributed by atoms with Crippen LogP contribution in [0.1, 0.15) is 17.3 Å². The van der Waals surface area contributed by atoms with E-state index in [4.69, 9.17) is 16.3 Å². The number of hydrogen-bond donors (Lipinski definition) is 1. The van der Waals surface area contributed by atoms with E-state index >= 15 is 0 Å². The van der Waals surface area contributed by atoms with Crippen molar-refractivity contribution in [2.24, 2.45) is 0 Å². The van der Waals surface area contributed by atoms with Gasteiger partial charge in [0.1, 0.15) is 5.75 Å². The van der Waals surface area contributed by atoms with E-state index in [1.807, 2.05) is 31.2 Å². The van der Waals surface area contributed by atoms with Gasteiger partial charge < -0.3 is 10.1 Å². The summed E-state index contributed by atoms with van der Waals surface area (Å²) in [6.07, 6.45) is 0. The van der Waals surface area contributed by atoms with Crippen molar-refractivity contribution in [1.29, 1.82) is 0 Å². The maximum atomic E-state index is 12.5. The smallest absolute Gasteiger partial charge is 0.210 e. The van der Waals surface area contributed by atoms with Crippen molar-refractivity contribution in [2.45, 2.75) is 16.5 Å². The maximum Gasteiger partial charge on any atom is 0.210 e. The Morgan fingerprint density at radius 3 is 2.73 bits per heavy atom. The van der Waals surface area contributed by atoms with Crippen LogP contribution in [0.25, 0.3) is 0 Å². The standard InChI is InChI=1S/C18H16ClN3O2S2/c1-11(16(23)12-6-8-13(19)9-7-12)25-18-22-21-17(26-18)20-14-4-3-5-15(10-14)24-2/h3-11H,1-2H3,(H,20,21)/t11-/m0/s1. The molecule has 3 rings (SSSR count). The Balaban J connectivity index is 1.64. The molecule has 0 aliphatic carbocycles. The van der Waals surface area contributed by atoms with Crippen LogP contribution in [0.2, 0.25) is 5.02 Å². The molecule has 0 saturated carbocycles. The van der Waals surface area contributed by atoms with Crippen LogP contribution in [0.15, 0.2) is 52.9 Å². The molecule has 5 nitrogen and oxygen atoms in total. The monoisotopic (exact) mass is 405 g/mol. The Labute approximate surface area is 164 Å². The van der Waals surface area contributed by atoms with Crippen molar-refractivity contribution in [3.63, 3.8) is 0 Å². The van der Waals surface area contributed by atoms with Gasteiger partial charge in [-0.1, -0.05) is 40.8 Å². The number of methoxy groups -OCH3 is 1. The Morgan fingerprint density at radius 2 is 2.00 bits per heavy atom. The molecule has 0 aliphatic rings. The summed E-state index contributed by atoms with van der Waals surface area (Å²) in [5.74, 6) is 0.792. The molecule has 1 atom stereocenters. The van der Waals surface area contributed by atoms with Crippen molar-refractivity contribution in [3.8, 4) is 5.75 Å². The van der Waals surface area contributed by atoms with E-state index in [9.17, 15) is 4.79 Å². The van der Waals surface area contributed by atoms with Crippen molar-refractivity contribution in [1.82, 2.24) is 10.2 Å². The van der Waals surface area contributed by atoms with Crippen LogP contribution in [-0.4, -0.2) is 28.3 Å². The summed E-state index contributed by atoms with van der Waals surface area (Å²) < 4.78 is 5.93. The van der Waals surface area contributed by atoms with Crippen molar-refractivity contribution < 1.29 is 9.53 Å². The van der Waals surface area contributed by atoms with Gasteiger partial charge in [-0.3, -0.25) is 4.79 Å². The average Bonchev–Trinajstić information content (AvgIpc) is 3.08. The normalized spacial score (nSPS) is 11.8. The molecule has 0 spiro atoms. The summed E-state index contributed by atoms with van der Waals surface area (Å²) >= 11 is 8.65. The Hall–Kier alpha value is -2.09. The minimum atomic E-state index is -0.270. The Morgan fingerprint density at radius 1 is 1.23 bits per heavy atom. The number of aromatic nitrogens is 2. The van der Waals surface area contributed by atoms with Gasteiger partial charge in [-0.05, 0) is 43.3 Å². The predicted octanol–water partition coefficient (Wildman–Crippen LogP) is 5.31. The second kappa shape index (κ2) is 8.53. The van der Waals surface area contributed by atoms with Gasteiger partial charge in [0, 0.05) is 22.3 Å². The highest BCUT2D eigenvalue weighted by molar-refractivity contribution is 8.02. The molecule has 26 heavy (non-hydrogen) atoms. The number of anilines is 2. The summed E-state index contributed by atoms with van der Waals surface area (Å²) in [7, 11) is 1.62. The number of ether oxygens (including phenoxy) is 1. The molecule has 0 fully saturated rings. The van der Waals surface area contributed by atoms with Crippen molar-refractivity contribution >= 4 is 51.3 Å². The highest BCUT2D eigenvalue weighted by Gasteiger charge is 2.19. The number of hydrogen-bond acceptors (Lipinski definition) is 7. The van der Waals surface area contributed by atoms with E-state index < -0.39 is 0 Å². The molecule has 0 bridgehead atoms. The van der Waals surface area contributed by atoms with Gasteiger partial charge >= 0.3 is 0 Å². The molecule has 1 N–H and O–H groups in total. The third-order valence-corrected chi connectivity index (χ3v) is 5.78. The van der Waals surface area contributed by atoms with Crippen molar-refractivity contribution in [2.75, 3.05) is 12.4 Å². The van der Waals surface area contributed by atoms with Crippen LogP contribution in [-0.2, 0) is 0 Å². The van der Waals surface area contributed by atoms with Gasteiger partial charge in [0.05, 0.1) is 12.4 Å². The fraction of sp³-hybridized carbons (Fsp3) is 0.167. The van der Waals surface area contributed by atoms with Gasteiger partial charge in [0.15, 0.2) is 10.1 Å². The summed E-state index contributed by atoms with van der Waals surface area (Å²) in [5.41, 5.74) is 1.50. The number of nitrogens with one attached hydrogen (secondary N) is 1. The maximum absolute atomic E-state index is 12.5. The van der Waals surface area contributed by atoms with Crippen LogP contribution in [0.4, 0.5) is 10.8 Å². The van der Waals surface area contributed by atoms with E-state index in [1.54, 1.807) is 31.4 Å². The molecule has 1 aromatic heterocycles. The Kier molecular flexibility index (Phi) is 6.13. The highest BCUT2D eigenvalue weighted by atomic mass is 35.5. The number of ketones is 1. The lowest BCUT2D eigenvalue weighted by Gasteiger charge is -2.07. The number of carbonyl (C=O) groups is 1. The minimum absolute atomic E-state index is 0.0316. The van der Waals surface area contributed by atoms with Crippen LogP contribution in [0.5, 0.6) is 5.75 Å². The minimum Gasteiger partial charge on any atom is -0.497 e. The first-order chi connectivity index (χ1) is 12.5. The first-order valence-electron chi connectivity index (χ1n) is 7.76. The molecular weight excluding hydrogens is 390 g/mol. The molecule has 0 radical (unpaired) electrons. The summed E-state index contributed by atoms with van der Waals surface area (Å²) in [4.78, 5) is 12.5. The number of halogens is 1. The fourth-order valence-corrected chi connectivity index (χ4v) is 4.31. The third-order valence-electron chi connectivity index (χ3n) is 3.50. The number of thioether (sulfide) groups is 1. The highest BCUT2D eigenvalue weighted by Crippen LogP contribution is 2.32. The summed E-state index contributed by atoms with van der Waals surface area (Å²) in [6, 6.07) is 14.5. The SMILES string of the molecule is COc1cccc(Nc2nnc(S[C@@H](C)C(=O)c3ccc(Cl)cc3)s2)c1. The van der Waals surface area contributed by atoms with Gasteiger partial charge in [-0.15, -0.1) is 10.2 Å². The molecule has 0 amide bonds. The van der Waals surface area contributed by atoms with Gasteiger partial charge in [0.25, 0.3) is 0 Å². The zero-order chi connectivity index (χ0) is 18.5. The summed E-state index contributed by atoms with van der Waals surface area (Å²) in [5, 5.41) is 12.5. The largest absolute Gasteiger partial charge is 0.497 e. The quantitative estimate of drug-likeness (QED) is 0.424. The molecule has 0 aliphatic heterocycles. The second-order valence-electron chi connectivity index (χ2n) is 5.36. The molecule has 3 aromatic rings. The molecule has 8 heteroatoms. The first-order valence-corrected chi connectivity index (χ1v) is 9.83. The molecule has 1 heterocycles. The number of nitrogens with zero attached hydrogens (tertiary/aromatic N) is 2. The van der Waals surface area contributed by atoms with Crippen LogP contribution >= 0.6 is 34.7 Å². The molecule has 0 saturated heterocycles. The summed E-state index contributed by atoms with van der Waals surface area (Å²) in [6.45, 7) is 1.86. The molecule has 0 unspecified atom stereocenters.